The number of hydrogen-bond acceptors (Lipinski definition) is 2. The van der Waals surface area contributed by atoms with Crippen LogP contribution in [0.3, 0.4) is 0 Å². The number of aliphatic hydroxyl groups is 1. The van der Waals surface area contributed by atoms with Crippen LogP contribution in [-0.2, 0) is 12.8 Å². The predicted molar refractivity (Wildman–Crippen MR) is 98.7 cm³/mol. The number of aliphatic hydroxyl groups excluding tert-OH is 1. The first-order valence-electron chi connectivity index (χ1n) is 8.59. The molecule has 0 amide bonds. The molecule has 2 nitrogen and oxygen atoms in total. The lowest BCUT2D eigenvalue weighted by Crippen LogP contribution is -2.04. The quantitative estimate of drug-likeness (QED) is 0.579. The van der Waals surface area contributed by atoms with Gasteiger partial charge in [-0.25, -0.2) is 8.78 Å². The Hall–Kier alpha value is -1.65. The van der Waals surface area contributed by atoms with Crippen molar-refractivity contribution < 1.29 is 13.9 Å². The molecule has 2 aromatic rings. The zero-order chi connectivity index (χ0) is 18.2. The van der Waals surface area contributed by atoms with Crippen molar-refractivity contribution in [3.63, 3.8) is 0 Å². The minimum Gasteiger partial charge on any atom is -0.399 e. The number of hydrogen-bond donors (Lipinski definition) is 2. The van der Waals surface area contributed by atoms with Crippen LogP contribution in [0.15, 0.2) is 36.4 Å². The Morgan fingerprint density at radius 2 is 1.76 bits per heavy atom. The third-order valence-electron chi connectivity index (χ3n) is 4.54. The minimum atomic E-state index is -0.580. The van der Waals surface area contributed by atoms with Crippen LogP contribution in [-0.4, -0.2) is 11.7 Å². The highest BCUT2D eigenvalue weighted by Crippen LogP contribution is 2.31. The number of nitrogen functional groups attached to an aromatic ring is 1. The Kier molecular flexibility index (Phi) is 7.66. The van der Waals surface area contributed by atoms with Gasteiger partial charge in [0.05, 0.1) is 5.02 Å². The van der Waals surface area contributed by atoms with Crippen LogP contribution in [0.2, 0.25) is 5.02 Å². The van der Waals surface area contributed by atoms with Crippen LogP contribution in [0.5, 0.6) is 0 Å². The Morgan fingerprint density at radius 1 is 1.08 bits per heavy atom. The number of benzene rings is 2. The maximum Gasteiger partial charge on any atom is 0.147 e. The van der Waals surface area contributed by atoms with E-state index in [9.17, 15) is 8.78 Å². The molecule has 136 valence electrons. The molecule has 1 saturated carbocycles. The molecule has 25 heavy (non-hydrogen) atoms. The van der Waals surface area contributed by atoms with Crippen molar-refractivity contribution in [3.8, 4) is 0 Å². The first-order chi connectivity index (χ1) is 12.0. The fourth-order valence-corrected chi connectivity index (χ4v) is 3.32. The summed E-state index contributed by atoms with van der Waals surface area (Å²) in [5, 5.41) is 8.61. The van der Waals surface area contributed by atoms with Crippen molar-refractivity contribution in [1.82, 2.24) is 0 Å². The molecule has 0 atom stereocenters. The molecule has 1 fully saturated rings. The molecule has 0 saturated heterocycles. The highest BCUT2D eigenvalue weighted by Gasteiger charge is 2.20. The second kappa shape index (κ2) is 9.73. The second-order valence-corrected chi connectivity index (χ2v) is 6.76. The average molecular weight is 368 g/mol. The number of halogens is 3. The standard InChI is InChI=1S/C12H13ClF2.C8H11NO/c13-10-5-6-11(14)9(12(10)15)7-8-3-1-2-4-8;9-8-4-2-1-3-7(8)5-6-10/h5-6,8H,1-4,7H2;1-4,10H,5-6,9H2. The van der Waals surface area contributed by atoms with E-state index in [1.807, 2.05) is 24.3 Å². The Balaban J connectivity index is 0.000000196. The van der Waals surface area contributed by atoms with Crippen LogP contribution >= 0.6 is 11.6 Å². The van der Waals surface area contributed by atoms with E-state index >= 15 is 0 Å². The number of para-hydroxylation sites is 1. The van der Waals surface area contributed by atoms with E-state index in [1.54, 1.807) is 0 Å². The lowest BCUT2D eigenvalue weighted by molar-refractivity contribution is 0.300. The SMILES string of the molecule is Fc1ccc(Cl)c(F)c1CC1CCCC1.Nc1ccccc1CCO. The monoisotopic (exact) mass is 367 g/mol. The first-order valence-corrected chi connectivity index (χ1v) is 8.97. The van der Waals surface area contributed by atoms with E-state index in [0.717, 1.165) is 24.1 Å². The van der Waals surface area contributed by atoms with Crippen LogP contribution in [0.1, 0.15) is 36.8 Å². The second-order valence-electron chi connectivity index (χ2n) is 6.35. The zero-order valence-electron chi connectivity index (χ0n) is 14.1. The fourth-order valence-electron chi connectivity index (χ4n) is 3.14. The van der Waals surface area contributed by atoms with Gasteiger partial charge >= 0.3 is 0 Å². The highest BCUT2D eigenvalue weighted by molar-refractivity contribution is 6.30. The van der Waals surface area contributed by atoms with E-state index in [4.69, 9.17) is 22.4 Å². The van der Waals surface area contributed by atoms with Gasteiger partial charge in [-0.15, -0.1) is 0 Å². The largest absolute Gasteiger partial charge is 0.399 e. The van der Waals surface area contributed by atoms with E-state index in [0.29, 0.717) is 18.8 Å². The smallest absolute Gasteiger partial charge is 0.147 e. The molecule has 0 bridgehead atoms. The van der Waals surface area contributed by atoms with Gasteiger partial charge in [0.1, 0.15) is 11.6 Å². The molecule has 0 heterocycles. The molecule has 2 aromatic carbocycles. The number of rotatable bonds is 4. The van der Waals surface area contributed by atoms with Gasteiger partial charge in [-0.05, 0) is 42.5 Å². The van der Waals surface area contributed by atoms with E-state index in [2.05, 4.69) is 0 Å². The van der Waals surface area contributed by atoms with Crippen molar-refractivity contribution >= 4 is 17.3 Å². The van der Waals surface area contributed by atoms with Crippen molar-refractivity contribution in [1.29, 1.82) is 0 Å². The molecule has 0 radical (unpaired) electrons. The summed E-state index contributed by atoms with van der Waals surface area (Å²) in [5.74, 6) is -0.625. The molecule has 0 aromatic heterocycles. The van der Waals surface area contributed by atoms with Crippen molar-refractivity contribution in [2.75, 3.05) is 12.3 Å². The van der Waals surface area contributed by atoms with Crippen LogP contribution in [0.25, 0.3) is 0 Å². The molecule has 0 unspecified atom stereocenters. The molecule has 1 aliphatic carbocycles. The van der Waals surface area contributed by atoms with Gasteiger partial charge in [-0.2, -0.15) is 0 Å². The Morgan fingerprint density at radius 3 is 2.40 bits per heavy atom. The van der Waals surface area contributed by atoms with Crippen LogP contribution < -0.4 is 5.73 Å². The number of anilines is 1. The summed E-state index contributed by atoms with van der Waals surface area (Å²) in [6, 6.07) is 10.1. The molecular formula is C20H24ClF2NO. The minimum absolute atomic E-state index is 0.0180. The summed E-state index contributed by atoms with van der Waals surface area (Å²) in [6.07, 6.45) is 5.63. The summed E-state index contributed by atoms with van der Waals surface area (Å²) in [6.45, 7) is 0.161. The van der Waals surface area contributed by atoms with Crippen LogP contribution in [0, 0.1) is 17.6 Å². The Bertz CT molecular complexity index is 687. The molecular weight excluding hydrogens is 344 g/mol. The van der Waals surface area contributed by atoms with Gasteiger partial charge in [-0.1, -0.05) is 55.5 Å². The van der Waals surface area contributed by atoms with Crippen molar-refractivity contribution in [3.05, 3.63) is 64.2 Å². The van der Waals surface area contributed by atoms with Gasteiger partial charge < -0.3 is 10.8 Å². The average Bonchev–Trinajstić information content (AvgIpc) is 3.11. The molecule has 3 rings (SSSR count). The highest BCUT2D eigenvalue weighted by atomic mass is 35.5. The fraction of sp³-hybridized carbons (Fsp3) is 0.400. The van der Waals surface area contributed by atoms with Gasteiger partial charge in [0, 0.05) is 17.9 Å². The van der Waals surface area contributed by atoms with Gasteiger partial charge in [-0.3, -0.25) is 0 Å². The van der Waals surface area contributed by atoms with E-state index < -0.39 is 11.6 Å². The zero-order valence-corrected chi connectivity index (χ0v) is 14.9. The van der Waals surface area contributed by atoms with E-state index in [1.165, 1.54) is 25.0 Å². The molecule has 5 heteroatoms. The molecule has 3 N–H and O–H groups in total. The lowest BCUT2D eigenvalue weighted by Gasteiger charge is -2.11. The predicted octanol–water partition coefficient (Wildman–Crippen LogP) is 5.15. The van der Waals surface area contributed by atoms with Gasteiger partial charge in [0.25, 0.3) is 0 Å². The van der Waals surface area contributed by atoms with Crippen molar-refractivity contribution in [2.45, 2.75) is 38.5 Å². The van der Waals surface area contributed by atoms with Gasteiger partial charge in [0.2, 0.25) is 0 Å². The Labute approximate surface area is 152 Å². The van der Waals surface area contributed by atoms with Crippen molar-refractivity contribution in [2.24, 2.45) is 5.92 Å². The third-order valence-corrected chi connectivity index (χ3v) is 4.83. The maximum absolute atomic E-state index is 13.5. The third kappa shape index (κ3) is 5.68. The lowest BCUT2D eigenvalue weighted by atomic mass is 9.97. The van der Waals surface area contributed by atoms with E-state index in [-0.39, 0.29) is 17.2 Å². The first kappa shape index (κ1) is 19.7. The molecule has 1 aliphatic rings. The topological polar surface area (TPSA) is 46.2 Å². The summed E-state index contributed by atoms with van der Waals surface area (Å²) < 4.78 is 26.9. The summed E-state index contributed by atoms with van der Waals surface area (Å²) in [4.78, 5) is 0. The molecule has 0 aliphatic heterocycles. The summed E-state index contributed by atoms with van der Waals surface area (Å²) >= 11 is 5.63. The number of nitrogens with two attached hydrogens (primary N) is 1. The summed E-state index contributed by atoms with van der Waals surface area (Å²) in [7, 11) is 0. The molecule has 0 spiro atoms. The normalized spacial score (nSPS) is 14.2. The maximum atomic E-state index is 13.5. The van der Waals surface area contributed by atoms with Gasteiger partial charge in [0.15, 0.2) is 0 Å². The van der Waals surface area contributed by atoms with Crippen LogP contribution in [0.4, 0.5) is 14.5 Å². The summed E-state index contributed by atoms with van der Waals surface area (Å²) in [5.41, 5.74) is 7.54.